The molecular formula is C15H18O7. The Morgan fingerprint density at radius 3 is 2.18 bits per heavy atom. The van der Waals surface area contributed by atoms with E-state index < -0.39 is 17.9 Å². The van der Waals surface area contributed by atoms with Gasteiger partial charge in [0.1, 0.15) is 5.75 Å². The zero-order chi connectivity index (χ0) is 16.5. The molecule has 1 aromatic rings. The number of aliphatic carboxylic acids is 2. The molecule has 0 radical (unpaired) electrons. The maximum Gasteiger partial charge on any atom is 0.318 e. The van der Waals surface area contributed by atoms with Gasteiger partial charge in [-0.15, -0.1) is 0 Å². The van der Waals surface area contributed by atoms with Gasteiger partial charge < -0.3 is 19.7 Å². The van der Waals surface area contributed by atoms with Crippen molar-refractivity contribution < 1.29 is 34.1 Å². The maximum absolute atomic E-state index is 11.3. The molecule has 120 valence electrons. The summed E-state index contributed by atoms with van der Waals surface area (Å²) in [6.07, 6.45) is 0.0312. The monoisotopic (exact) mass is 310 g/mol. The van der Waals surface area contributed by atoms with Crippen molar-refractivity contribution in [3.05, 3.63) is 29.8 Å². The molecule has 0 saturated heterocycles. The molecule has 0 aromatic heterocycles. The Kier molecular flexibility index (Phi) is 6.88. The van der Waals surface area contributed by atoms with Gasteiger partial charge in [0.05, 0.1) is 19.6 Å². The molecular weight excluding hydrogens is 292 g/mol. The van der Waals surface area contributed by atoms with E-state index in [1.807, 2.05) is 0 Å². The molecule has 0 spiro atoms. The lowest BCUT2D eigenvalue weighted by Crippen LogP contribution is -2.25. The van der Waals surface area contributed by atoms with Gasteiger partial charge in [-0.2, -0.15) is 0 Å². The third-order valence-corrected chi connectivity index (χ3v) is 2.85. The summed E-state index contributed by atoms with van der Waals surface area (Å²) < 4.78 is 10.1. The van der Waals surface area contributed by atoms with Crippen LogP contribution in [0.4, 0.5) is 0 Å². The summed E-state index contributed by atoms with van der Waals surface area (Å²) >= 11 is 0. The second-order valence-corrected chi connectivity index (χ2v) is 4.49. The molecule has 0 unspecified atom stereocenters. The van der Waals surface area contributed by atoms with Crippen LogP contribution < -0.4 is 4.74 Å². The van der Waals surface area contributed by atoms with E-state index in [-0.39, 0.29) is 25.4 Å². The largest absolute Gasteiger partial charge is 0.494 e. The predicted octanol–water partition coefficient (Wildman–Crippen LogP) is 1.35. The van der Waals surface area contributed by atoms with Crippen molar-refractivity contribution in [1.29, 1.82) is 0 Å². The highest BCUT2D eigenvalue weighted by atomic mass is 16.5. The fourth-order valence-corrected chi connectivity index (χ4v) is 1.73. The van der Waals surface area contributed by atoms with Gasteiger partial charge in [0, 0.05) is 6.42 Å². The van der Waals surface area contributed by atoms with E-state index in [0.29, 0.717) is 12.4 Å². The lowest BCUT2D eigenvalue weighted by Gasteiger charge is -2.09. The van der Waals surface area contributed by atoms with Crippen LogP contribution in [0.25, 0.3) is 0 Å². The first-order chi connectivity index (χ1) is 10.4. The smallest absolute Gasteiger partial charge is 0.318 e. The highest BCUT2D eigenvalue weighted by Gasteiger charge is 2.25. The average Bonchev–Trinajstić information content (AvgIpc) is 2.44. The van der Waals surface area contributed by atoms with Crippen molar-refractivity contribution in [1.82, 2.24) is 0 Å². The van der Waals surface area contributed by atoms with Crippen LogP contribution in [0.5, 0.6) is 5.75 Å². The zero-order valence-electron chi connectivity index (χ0n) is 12.2. The number of benzene rings is 1. The molecule has 0 aliphatic heterocycles. The Balaban J connectivity index is 2.46. The van der Waals surface area contributed by atoms with Gasteiger partial charge in [0.2, 0.25) is 0 Å². The third-order valence-electron chi connectivity index (χ3n) is 2.85. The van der Waals surface area contributed by atoms with E-state index in [1.54, 1.807) is 31.2 Å². The molecule has 0 atom stereocenters. The van der Waals surface area contributed by atoms with Crippen molar-refractivity contribution in [3.8, 4) is 5.75 Å². The number of esters is 1. The van der Waals surface area contributed by atoms with Crippen LogP contribution in [0.15, 0.2) is 24.3 Å². The average molecular weight is 310 g/mol. The molecule has 7 heteroatoms. The van der Waals surface area contributed by atoms with Gasteiger partial charge in [-0.05, 0) is 24.6 Å². The molecule has 0 heterocycles. The number of carboxylic acid groups (broad SMARTS) is 2. The summed E-state index contributed by atoms with van der Waals surface area (Å²) in [5.41, 5.74) is 0.764. The Bertz CT molecular complexity index is 507. The summed E-state index contributed by atoms with van der Waals surface area (Å²) in [6.45, 7) is 2.03. The van der Waals surface area contributed by atoms with E-state index in [4.69, 9.17) is 19.7 Å². The van der Waals surface area contributed by atoms with E-state index in [0.717, 1.165) is 5.56 Å². The van der Waals surface area contributed by atoms with Crippen LogP contribution >= 0.6 is 0 Å². The Hall–Kier alpha value is -2.57. The Morgan fingerprint density at radius 1 is 1.09 bits per heavy atom. The van der Waals surface area contributed by atoms with Crippen molar-refractivity contribution in [2.24, 2.45) is 5.92 Å². The van der Waals surface area contributed by atoms with E-state index in [2.05, 4.69) is 0 Å². The van der Waals surface area contributed by atoms with Crippen LogP contribution in [0, 0.1) is 5.92 Å². The molecule has 22 heavy (non-hydrogen) atoms. The van der Waals surface area contributed by atoms with Crippen LogP contribution in [-0.2, 0) is 25.5 Å². The van der Waals surface area contributed by atoms with E-state index in [9.17, 15) is 14.4 Å². The third kappa shape index (κ3) is 5.82. The predicted molar refractivity (Wildman–Crippen MR) is 75.7 cm³/mol. The number of ether oxygens (including phenoxy) is 2. The number of carbonyl (C=O) groups excluding carboxylic acids is 1. The molecule has 0 amide bonds. The molecule has 0 saturated carbocycles. The van der Waals surface area contributed by atoms with Gasteiger partial charge in [0.25, 0.3) is 0 Å². The lowest BCUT2D eigenvalue weighted by atomic mass is 10.1. The standard InChI is InChI=1S/C15H18O7/c1-2-21-13(16)9-10-3-5-11(6-4-10)22-8-7-12(14(17)18)15(19)20/h3-6,12H,2,7-9H2,1H3,(H,17,18)(H,19,20). The van der Waals surface area contributed by atoms with Gasteiger partial charge in [-0.1, -0.05) is 12.1 Å². The van der Waals surface area contributed by atoms with Crippen LogP contribution in [0.3, 0.4) is 0 Å². The topological polar surface area (TPSA) is 110 Å². The second-order valence-electron chi connectivity index (χ2n) is 4.49. The summed E-state index contributed by atoms with van der Waals surface area (Å²) in [7, 11) is 0. The van der Waals surface area contributed by atoms with Crippen molar-refractivity contribution >= 4 is 17.9 Å². The summed E-state index contributed by atoms with van der Waals surface area (Å²) in [6, 6.07) is 6.65. The van der Waals surface area contributed by atoms with E-state index in [1.165, 1.54) is 0 Å². The minimum Gasteiger partial charge on any atom is -0.494 e. The molecule has 7 nitrogen and oxygen atoms in total. The Morgan fingerprint density at radius 2 is 1.68 bits per heavy atom. The van der Waals surface area contributed by atoms with Crippen LogP contribution in [-0.4, -0.2) is 41.3 Å². The first-order valence-corrected chi connectivity index (χ1v) is 6.77. The van der Waals surface area contributed by atoms with Crippen LogP contribution in [0.2, 0.25) is 0 Å². The van der Waals surface area contributed by atoms with Crippen LogP contribution in [0.1, 0.15) is 18.9 Å². The number of carbonyl (C=O) groups is 3. The van der Waals surface area contributed by atoms with Gasteiger partial charge >= 0.3 is 17.9 Å². The first kappa shape index (κ1) is 17.5. The minimum atomic E-state index is -1.48. The molecule has 0 fully saturated rings. The second kappa shape index (κ2) is 8.66. The Labute approximate surface area is 127 Å². The molecule has 0 aliphatic carbocycles. The minimum absolute atomic E-state index is 0.0273. The highest BCUT2D eigenvalue weighted by Crippen LogP contribution is 2.14. The van der Waals surface area contributed by atoms with Gasteiger partial charge in [-0.3, -0.25) is 14.4 Å². The van der Waals surface area contributed by atoms with Crippen molar-refractivity contribution in [3.63, 3.8) is 0 Å². The fourth-order valence-electron chi connectivity index (χ4n) is 1.73. The summed E-state index contributed by atoms with van der Waals surface area (Å²) in [4.78, 5) is 32.7. The van der Waals surface area contributed by atoms with Gasteiger partial charge in [-0.25, -0.2) is 0 Å². The molecule has 2 N–H and O–H groups in total. The number of carboxylic acids is 2. The fraction of sp³-hybridized carbons (Fsp3) is 0.400. The lowest BCUT2D eigenvalue weighted by molar-refractivity contribution is -0.155. The zero-order valence-corrected chi connectivity index (χ0v) is 12.2. The highest BCUT2D eigenvalue weighted by molar-refractivity contribution is 5.92. The molecule has 1 aromatic carbocycles. The molecule has 0 aliphatic rings. The van der Waals surface area contributed by atoms with E-state index >= 15 is 0 Å². The molecule has 1 rings (SSSR count). The van der Waals surface area contributed by atoms with Crippen molar-refractivity contribution in [2.45, 2.75) is 19.8 Å². The summed E-state index contributed by atoms with van der Waals surface area (Å²) in [5, 5.41) is 17.4. The summed E-state index contributed by atoms with van der Waals surface area (Å²) in [5.74, 6) is -4.10. The SMILES string of the molecule is CCOC(=O)Cc1ccc(OCCC(C(=O)O)C(=O)O)cc1. The normalized spacial score (nSPS) is 10.3. The van der Waals surface area contributed by atoms with Crippen molar-refractivity contribution in [2.75, 3.05) is 13.2 Å². The maximum atomic E-state index is 11.3. The molecule has 0 bridgehead atoms. The quantitative estimate of drug-likeness (QED) is 0.523. The number of rotatable bonds is 9. The number of hydrogen-bond acceptors (Lipinski definition) is 5. The van der Waals surface area contributed by atoms with Gasteiger partial charge in [0.15, 0.2) is 5.92 Å². The first-order valence-electron chi connectivity index (χ1n) is 6.77. The number of hydrogen-bond donors (Lipinski definition) is 2.